The second-order valence-corrected chi connectivity index (χ2v) is 5.27. The lowest BCUT2D eigenvalue weighted by molar-refractivity contribution is 0.386. The van der Waals surface area contributed by atoms with Crippen LogP contribution in [0.25, 0.3) is 0 Å². The molecule has 114 valence electrons. The standard InChI is InChI=1S/C17H22FNO2/c1-10-11(2)21-12(3)17(10)15(19-4)9-13-6-7-16(20-5)14(18)8-13/h6-8,15,19H,9H2,1-5H3. The van der Waals surface area contributed by atoms with Crippen molar-refractivity contribution in [3.8, 4) is 5.75 Å². The summed E-state index contributed by atoms with van der Waals surface area (Å²) in [5.74, 6) is 1.79. The van der Waals surface area contributed by atoms with Crippen LogP contribution in [0.15, 0.2) is 22.6 Å². The maximum absolute atomic E-state index is 13.8. The van der Waals surface area contributed by atoms with E-state index in [9.17, 15) is 4.39 Å². The van der Waals surface area contributed by atoms with E-state index in [1.54, 1.807) is 6.07 Å². The Kier molecular flexibility index (Phi) is 4.68. The molecule has 1 N–H and O–H groups in total. The summed E-state index contributed by atoms with van der Waals surface area (Å²) in [4.78, 5) is 0. The Morgan fingerprint density at radius 3 is 2.43 bits per heavy atom. The Hall–Kier alpha value is -1.81. The van der Waals surface area contributed by atoms with E-state index < -0.39 is 0 Å². The van der Waals surface area contributed by atoms with Gasteiger partial charge in [-0.3, -0.25) is 0 Å². The van der Waals surface area contributed by atoms with Gasteiger partial charge in [-0.25, -0.2) is 4.39 Å². The van der Waals surface area contributed by atoms with Gasteiger partial charge in [0.1, 0.15) is 11.5 Å². The van der Waals surface area contributed by atoms with E-state index >= 15 is 0 Å². The fourth-order valence-electron chi connectivity index (χ4n) is 2.74. The summed E-state index contributed by atoms with van der Waals surface area (Å²) in [6.45, 7) is 5.99. The smallest absolute Gasteiger partial charge is 0.165 e. The molecule has 0 fully saturated rings. The van der Waals surface area contributed by atoms with E-state index in [1.807, 2.05) is 27.0 Å². The third-order valence-electron chi connectivity index (χ3n) is 3.97. The second-order valence-electron chi connectivity index (χ2n) is 5.27. The van der Waals surface area contributed by atoms with Crippen LogP contribution in [0, 0.1) is 26.6 Å². The van der Waals surface area contributed by atoms with Crippen LogP contribution in [0.1, 0.15) is 34.3 Å². The van der Waals surface area contributed by atoms with E-state index in [0.29, 0.717) is 6.42 Å². The molecule has 1 aromatic carbocycles. The highest BCUT2D eigenvalue weighted by molar-refractivity contribution is 5.36. The number of ether oxygens (including phenoxy) is 1. The highest BCUT2D eigenvalue weighted by Crippen LogP contribution is 2.30. The van der Waals surface area contributed by atoms with Crippen LogP contribution in [0.4, 0.5) is 4.39 Å². The zero-order chi connectivity index (χ0) is 15.6. The van der Waals surface area contributed by atoms with Crippen molar-refractivity contribution in [3.05, 3.63) is 52.2 Å². The van der Waals surface area contributed by atoms with Crippen molar-refractivity contribution in [2.24, 2.45) is 0 Å². The molecule has 0 radical (unpaired) electrons. The molecule has 1 atom stereocenters. The molecule has 0 aliphatic rings. The van der Waals surface area contributed by atoms with Gasteiger partial charge in [0.05, 0.1) is 7.11 Å². The SMILES string of the molecule is CNC(Cc1ccc(OC)c(F)c1)c1c(C)oc(C)c1C. The predicted octanol–water partition coefficient (Wildman–Crippen LogP) is 3.86. The van der Waals surface area contributed by atoms with Gasteiger partial charge in [0.15, 0.2) is 11.6 Å². The first-order chi connectivity index (χ1) is 9.97. The lowest BCUT2D eigenvalue weighted by atomic mass is 9.96. The molecule has 0 saturated carbocycles. The van der Waals surface area contributed by atoms with Crippen LogP contribution in [0.3, 0.4) is 0 Å². The van der Waals surface area contributed by atoms with Gasteiger partial charge >= 0.3 is 0 Å². The quantitative estimate of drug-likeness (QED) is 0.908. The molecule has 2 aromatic rings. The number of hydrogen-bond acceptors (Lipinski definition) is 3. The lowest BCUT2D eigenvalue weighted by Crippen LogP contribution is -2.20. The van der Waals surface area contributed by atoms with Crippen molar-refractivity contribution in [2.45, 2.75) is 33.2 Å². The third-order valence-corrected chi connectivity index (χ3v) is 3.97. The average Bonchev–Trinajstić information content (AvgIpc) is 2.70. The molecule has 0 aliphatic carbocycles. The van der Waals surface area contributed by atoms with Gasteiger partial charge in [0.25, 0.3) is 0 Å². The monoisotopic (exact) mass is 291 g/mol. The van der Waals surface area contributed by atoms with Gasteiger partial charge in [-0.1, -0.05) is 6.07 Å². The number of hydrogen-bond donors (Lipinski definition) is 1. The van der Waals surface area contributed by atoms with Crippen molar-refractivity contribution in [2.75, 3.05) is 14.2 Å². The van der Waals surface area contributed by atoms with E-state index in [2.05, 4.69) is 12.2 Å². The molecule has 3 nitrogen and oxygen atoms in total. The highest BCUT2D eigenvalue weighted by Gasteiger charge is 2.20. The summed E-state index contributed by atoms with van der Waals surface area (Å²) in [5, 5.41) is 3.30. The molecule has 1 heterocycles. The zero-order valence-electron chi connectivity index (χ0n) is 13.2. The topological polar surface area (TPSA) is 34.4 Å². The van der Waals surface area contributed by atoms with Gasteiger partial charge in [0, 0.05) is 11.6 Å². The molecule has 0 saturated heterocycles. The Balaban J connectivity index is 2.29. The fourth-order valence-corrected chi connectivity index (χ4v) is 2.74. The Labute approximate surface area is 125 Å². The molecule has 1 aromatic heterocycles. The summed E-state index contributed by atoms with van der Waals surface area (Å²) in [6.07, 6.45) is 0.693. The molecule has 0 bridgehead atoms. The van der Waals surface area contributed by atoms with Crippen molar-refractivity contribution in [1.29, 1.82) is 0 Å². The maximum atomic E-state index is 13.8. The number of rotatable bonds is 5. The molecular weight excluding hydrogens is 269 g/mol. The third kappa shape index (κ3) is 3.10. The fraction of sp³-hybridized carbons (Fsp3) is 0.412. The van der Waals surface area contributed by atoms with Crippen LogP contribution >= 0.6 is 0 Å². The van der Waals surface area contributed by atoms with Crippen molar-refractivity contribution in [1.82, 2.24) is 5.32 Å². The van der Waals surface area contributed by atoms with E-state index in [1.165, 1.54) is 13.2 Å². The number of halogens is 1. The molecule has 0 spiro atoms. The van der Waals surface area contributed by atoms with E-state index in [-0.39, 0.29) is 17.6 Å². The predicted molar refractivity (Wildman–Crippen MR) is 81.4 cm³/mol. The number of likely N-dealkylation sites (N-methyl/N-ethyl adjacent to an activating group) is 1. The van der Waals surface area contributed by atoms with E-state index in [0.717, 1.165) is 28.2 Å². The first kappa shape index (κ1) is 15.6. The van der Waals surface area contributed by atoms with Crippen LogP contribution < -0.4 is 10.1 Å². The number of furan rings is 1. The summed E-state index contributed by atoms with van der Waals surface area (Å²) in [7, 11) is 3.38. The minimum atomic E-state index is -0.332. The van der Waals surface area contributed by atoms with Gasteiger partial charge in [0.2, 0.25) is 0 Å². The Morgan fingerprint density at radius 2 is 1.95 bits per heavy atom. The normalized spacial score (nSPS) is 12.5. The van der Waals surface area contributed by atoms with Crippen LogP contribution in [0.5, 0.6) is 5.75 Å². The average molecular weight is 291 g/mol. The summed E-state index contributed by atoms with van der Waals surface area (Å²) in [5.41, 5.74) is 3.23. The van der Waals surface area contributed by atoms with Crippen molar-refractivity contribution < 1.29 is 13.5 Å². The van der Waals surface area contributed by atoms with Crippen LogP contribution in [-0.4, -0.2) is 14.2 Å². The minimum Gasteiger partial charge on any atom is -0.494 e. The second kappa shape index (κ2) is 6.31. The molecule has 2 rings (SSSR count). The van der Waals surface area contributed by atoms with Gasteiger partial charge in [-0.2, -0.15) is 0 Å². The Morgan fingerprint density at radius 1 is 1.24 bits per heavy atom. The summed E-state index contributed by atoms with van der Waals surface area (Å²) >= 11 is 0. The Bertz CT molecular complexity index is 634. The number of nitrogens with one attached hydrogen (secondary N) is 1. The number of aryl methyl sites for hydroxylation is 2. The van der Waals surface area contributed by atoms with Gasteiger partial charge in [-0.05, 0) is 57.5 Å². The van der Waals surface area contributed by atoms with Gasteiger partial charge < -0.3 is 14.5 Å². The highest BCUT2D eigenvalue weighted by atomic mass is 19.1. The number of methoxy groups -OCH3 is 1. The molecular formula is C17H22FNO2. The van der Waals surface area contributed by atoms with Crippen molar-refractivity contribution in [3.63, 3.8) is 0 Å². The summed E-state index contributed by atoms with van der Waals surface area (Å²) < 4.78 is 24.4. The lowest BCUT2D eigenvalue weighted by Gasteiger charge is -2.17. The molecule has 1 unspecified atom stereocenters. The minimum absolute atomic E-state index is 0.0928. The molecule has 4 heteroatoms. The largest absolute Gasteiger partial charge is 0.494 e. The number of benzene rings is 1. The zero-order valence-corrected chi connectivity index (χ0v) is 13.2. The first-order valence-corrected chi connectivity index (χ1v) is 7.04. The maximum Gasteiger partial charge on any atom is 0.165 e. The first-order valence-electron chi connectivity index (χ1n) is 7.04. The van der Waals surface area contributed by atoms with Crippen LogP contribution in [0.2, 0.25) is 0 Å². The molecule has 21 heavy (non-hydrogen) atoms. The summed E-state index contributed by atoms with van der Waals surface area (Å²) in [6, 6.07) is 5.18. The molecule has 0 aliphatic heterocycles. The van der Waals surface area contributed by atoms with Crippen LogP contribution in [-0.2, 0) is 6.42 Å². The van der Waals surface area contributed by atoms with Crippen molar-refractivity contribution >= 4 is 0 Å². The molecule has 0 amide bonds. The van der Waals surface area contributed by atoms with E-state index in [4.69, 9.17) is 9.15 Å². The van der Waals surface area contributed by atoms with Gasteiger partial charge in [-0.15, -0.1) is 0 Å².